The van der Waals surface area contributed by atoms with Gasteiger partial charge in [-0.05, 0) is 51.4 Å². The molecule has 6 nitrogen and oxygen atoms in total. The highest BCUT2D eigenvalue weighted by atomic mass is 16.3. The molecule has 150 valence electrons. The molecule has 0 fully saturated rings. The van der Waals surface area contributed by atoms with E-state index in [0.717, 1.165) is 16.7 Å². The second-order valence-corrected chi connectivity index (χ2v) is 7.22. The summed E-state index contributed by atoms with van der Waals surface area (Å²) in [4.78, 5) is 26.2. The van der Waals surface area contributed by atoms with Crippen LogP contribution in [0.5, 0.6) is 0 Å². The molecule has 2 rings (SSSR count). The summed E-state index contributed by atoms with van der Waals surface area (Å²) < 4.78 is 0. The summed E-state index contributed by atoms with van der Waals surface area (Å²) in [7, 11) is 1.75. The van der Waals surface area contributed by atoms with Crippen molar-refractivity contribution in [2.45, 2.75) is 39.3 Å². The predicted octanol–water partition coefficient (Wildman–Crippen LogP) is 2.88. The number of nitrogens with zero attached hydrogens (tertiary/aromatic N) is 1. The Morgan fingerprint density at radius 1 is 1.11 bits per heavy atom. The number of hydrogen-bond acceptors (Lipinski definition) is 4. The van der Waals surface area contributed by atoms with Crippen molar-refractivity contribution in [3.63, 3.8) is 0 Å². The molecule has 2 aromatic carbocycles. The number of anilines is 1. The van der Waals surface area contributed by atoms with E-state index >= 15 is 0 Å². The zero-order chi connectivity index (χ0) is 20.7. The molecule has 0 aliphatic rings. The van der Waals surface area contributed by atoms with Crippen LogP contribution in [-0.4, -0.2) is 47.7 Å². The van der Waals surface area contributed by atoms with Crippen molar-refractivity contribution in [3.05, 3.63) is 65.2 Å². The monoisotopic (exact) mass is 383 g/mol. The van der Waals surface area contributed by atoms with Gasteiger partial charge in [0.1, 0.15) is 0 Å². The van der Waals surface area contributed by atoms with Crippen molar-refractivity contribution in [3.8, 4) is 0 Å². The van der Waals surface area contributed by atoms with Crippen molar-refractivity contribution >= 4 is 17.6 Å². The smallest absolute Gasteiger partial charge is 0.325 e. The summed E-state index contributed by atoms with van der Waals surface area (Å²) in [5, 5.41) is 15.3. The molecule has 2 unspecified atom stereocenters. The van der Waals surface area contributed by atoms with E-state index in [0.29, 0.717) is 18.7 Å². The zero-order valence-electron chi connectivity index (χ0n) is 16.9. The summed E-state index contributed by atoms with van der Waals surface area (Å²) in [6.07, 6.45) is -0.0983. The number of carbonyl (C=O) groups is 2. The Balaban J connectivity index is 1.84. The van der Waals surface area contributed by atoms with Crippen LogP contribution in [0.4, 0.5) is 10.5 Å². The van der Waals surface area contributed by atoms with Gasteiger partial charge in [0.2, 0.25) is 5.91 Å². The molecule has 6 heteroatoms. The minimum Gasteiger partial charge on any atom is -0.391 e. The van der Waals surface area contributed by atoms with Crippen LogP contribution in [-0.2, 0) is 11.2 Å². The third-order valence-electron chi connectivity index (χ3n) is 4.72. The van der Waals surface area contributed by atoms with Crippen molar-refractivity contribution in [2.75, 3.05) is 18.9 Å². The maximum absolute atomic E-state index is 12.4. The van der Waals surface area contributed by atoms with Crippen LogP contribution in [0, 0.1) is 13.8 Å². The highest BCUT2D eigenvalue weighted by Crippen LogP contribution is 2.15. The molecular formula is C22H29N3O3. The molecule has 0 saturated carbocycles. The standard InChI is InChI=1S/C22H29N3O3/c1-15-10-11-20(16(2)12-15)23-22(28)24-21(27)17(3)25(4)14-19(26)13-18-8-6-5-7-9-18/h5-12,17,19,26H,13-14H2,1-4H3,(H2,23,24,27,28). The van der Waals surface area contributed by atoms with E-state index in [9.17, 15) is 14.7 Å². The van der Waals surface area contributed by atoms with Gasteiger partial charge < -0.3 is 10.4 Å². The lowest BCUT2D eigenvalue weighted by atomic mass is 10.1. The minimum absolute atomic E-state index is 0.322. The zero-order valence-corrected chi connectivity index (χ0v) is 16.9. The van der Waals surface area contributed by atoms with Crippen LogP contribution in [0.15, 0.2) is 48.5 Å². The fraction of sp³-hybridized carbons (Fsp3) is 0.364. The van der Waals surface area contributed by atoms with Gasteiger partial charge in [-0.3, -0.25) is 15.0 Å². The first-order valence-corrected chi connectivity index (χ1v) is 9.37. The Bertz CT molecular complexity index is 808. The molecule has 2 atom stereocenters. The SMILES string of the molecule is Cc1ccc(NC(=O)NC(=O)C(C)N(C)CC(O)Cc2ccccc2)c(C)c1. The van der Waals surface area contributed by atoms with Gasteiger partial charge in [-0.2, -0.15) is 0 Å². The molecule has 0 radical (unpaired) electrons. The number of benzene rings is 2. The second kappa shape index (κ2) is 10.0. The van der Waals surface area contributed by atoms with E-state index in [1.807, 2.05) is 62.4 Å². The quantitative estimate of drug-likeness (QED) is 0.687. The number of urea groups is 1. The van der Waals surface area contributed by atoms with E-state index in [1.54, 1.807) is 18.9 Å². The van der Waals surface area contributed by atoms with Crippen molar-refractivity contribution < 1.29 is 14.7 Å². The number of likely N-dealkylation sites (N-methyl/N-ethyl adjacent to an activating group) is 1. The Morgan fingerprint density at radius 2 is 1.79 bits per heavy atom. The van der Waals surface area contributed by atoms with Crippen LogP contribution in [0.3, 0.4) is 0 Å². The summed E-state index contributed by atoms with van der Waals surface area (Å²) in [5.74, 6) is -0.420. The lowest BCUT2D eigenvalue weighted by molar-refractivity contribution is -0.124. The van der Waals surface area contributed by atoms with E-state index in [4.69, 9.17) is 0 Å². The number of aliphatic hydroxyl groups is 1. The highest BCUT2D eigenvalue weighted by molar-refractivity contribution is 6.03. The molecule has 0 aliphatic carbocycles. The normalized spacial score (nSPS) is 13.1. The number of rotatable bonds is 7. The number of aryl methyl sites for hydroxylation is 2. The van der Waals surface area contributed by atoms with E-state index in [-0.39, 0.29) is 0 Å². The lowest BCUT2D eigenvalue weighted by Gasteiger charge is -2.26. The van der Waals surface area contributed by atoms with E-state index in [2.05, 4.69) is 10.6 Å². The number of aliphatic hydroxyl groups excluding tert-OH is 1. The van der Waals surface area contributed by atoms with Crippen LogP contribution in [0.1, 0.15) is 23.6 Å². The Morgan fingerprint density at radius 3 is 2.43 bits per heavy atom. The average molecular weight is 383 g/mol. The number of hydrogen-bond donors (Lipinski definition) is 3. The molecule has 3 N–H and O–H groups in total. The van der Waals surface area contributed by atoms with E-state index in [1.165, 1.54) is 0 Å². The average Bonchev–Trinajstić information content (AvgIpc) is 2.64. The third kappa shape index (κ3) is 6.48. The highest BCUT2D eigenvalue weighted by Gasteiger charge is 2.22. The van der Waals surface area contributed by atoms with Crippen LogP contribution >= 0.6 is 0 Å². The van der Waals surface area contributed by atoms with Gasteiger partial charge in [-0.25, -0.2) is 4.79 Å². The Hall–Kier alpha value is -2.70. The molecule has 28 heavy (non-hydrogen) atoms. The van der Waals surface area contributed by atoms with Gasteiger partial charge in [0, 0.05) is 12.2 Å². The third-order valence-corrected chi connectivity index (χ3v) is 4.72. The molecule has 3 amide bonds. The van der Waals surface area contributed by atoms with Gasteiger partial charge >= 0.3 is 6.03 Å². The van der Waals surface area contributed by atoms with E-state index < -0.39 is 24.1 Å². The van der Waals surface area contributed by atoms with Gasteiger partial charge in [-0.1, -0.05) is 48.0 Å². The largest absolute Gasteiger partial charge is 0.391 e. The first-order valence-electron chi connectivity index (χ1n) is 9.37. The van der Waals surface area contributed by atoms with Crippen LogP contribution in [0.2, 0.25) is 0 Å². The predicted molar refractivity (Wildman–Crippen MR) is 111 cm³/mol. The number of amides is 3. The first-order chi connectivity index (χ1) is 13.3. The molecule has 0 aromatic heterocycles. The van der Waals surface area contributed by atoms with Crippen LogP contribution in [0.25, 0.3) is 0 Å². The van der Waals surface area contributed by atoms with Crippen molar-refractivity contribution in [1.82, 2.24) is 10.2 Å². The second-order valence-electron chi connectivity index (χ2n) is 7.22. The number of nitrogens with one attached hydrogen (secondary N) is 2. The molecule has 0 aliphatic heterocycles. The molecule has 2 aromatic rings. The van der Waals surface area contributed by atoms with Crippen molar-refractivity contribution in [1.29, 1.82) is 0 Å². The molecule has 0 bridgehead atoms. The molecular weight excluding hydrogens is 354 g/mol. The van der Waals surface area contributed by atoms with Gasteiger partial charge in [0.25, 0.3) is 0 Å². The fourth-order valence-electron chi connectivity index (χ4n) is 2.97. The molecule has 0 heterocycles. The summed E-state index contributed by atoms with van der Waals surface area (Å²) in [5.41, 5.74) is 3.73. The Labute approximate surface area is 166 Å². The summed E-state index contributed by atoms with van der Waals surface area (Å²) >= 11 is 0. The maximum Gasteiger partial charge on any atom is 0.325 e. The minimum atomic E-state index is -0.605. The van der Waals surface area contributed by atoms with Gasteiger partial charge in [-0.15, -0.1) is 0 Å². The topological polar surface area (TPSA) is 81.7 Å². The van der Waals surface area contributed by atoms with Gasteiger partial charge in [0.15, 0.2) is 0 Å². The Kier molecular flexibility index (Phi) is 7.72. The fourth-order valence-corrected chi connectivity index (χ4v) is 2.97. The summed E-state index contributed by atoms with van der Waals surface area (Å²) in [6.45, 7) is 5.90. The van der Waals surface area contributed by atoms with Gasteiger partial charge in [0.05, 0.1) is 12.1 Å². The van der Waals surface area contributed by atoms with Crippen LogP contribution < -0.4 is 10.6 Å². The molecule has 0 saturated heterocycles. The first kappa shape index (κ1) is 21.6. The van der Waals surface area contributed by atoms with Crippen molar-refractivity contribution in [2.24, 2.45) is 0 Å². The molecule has 0 spiro atoms. The summed E-state index contributed by atoms with van der Waals surface area (Å²) in [6, 6.07) is 14.2. The number of imide groups is 1. The lowest BCUT2D eigenvalue weighted by Crippen LogP contribution is -2.48. The maximum atomic E-state index is 12.4. The number of carbonyl (C=O) groups excluding carboxylic acids is 2.